The third-order valence-corrected chi connectivity index (χ3v) is 6.32. The second-order valence-electron chi connectivity index (χ2n) is 7.10. The summed E-state index contributed by atoms with van der Waals surface area (Å²) in [4.78, 5) is 16.4. The SMILES string of the molecule is O=C1COc2ccc(C3=CN=C(CCCCCO)SC3c3ccccc3)cc2N1. The maximum absolute atomic E-state index is 11.7. The van der Waals surface area contributed by atoms with Crippen LogP contribution in [0.15, 0.2) is 59.7 Å². The Morgan fingerprint density at radius 1 is 1.14 bits per heavy atom. The van der Waals surface area contributed by atoms with Gasteiger partial charge in [-0.1, -0.05) is 54.6 Å². The van der Waals surface area contributed by atoms with E-state index in [0.717, 1.165) is 41.9 Å². The molecule has 0 aliphatic carbocycles. The Bertz CT molecular complexity index is 940. The number of thioether (sulfide) groups is 1. The molecule has 2 aliphatic rings. The van der Waals surface area contributed by atoms with Crippen molar-refractivity contribution in [3.05, 3.63) is 65.9 Å². The van der Waals surface area contributed by atoms with Crippen LogP contribution in [0.1, 0.15) is 42.1 Å². The number of carbonyl (C=O) groups excluding carboxylic acids is 1. The molecule has 1 atom stereocenters. The molecule has 6 heteroatoms. The average Bonchev–Trinajstić information content (AvgIpc) is 2.77. The van der Waals surface area contributed by atoms with E-state index in [1.807, 2.05) is 30.5 Å². The first kappa shape index (κ1) is 19.7. The first-order chi connectivity index (χ1) is 14.2. The Balaban J connectivity index is 1.63. The summed E-state index contributed by atoms with van der Waals surface area (Å²) in [5.41, 5.74) is 4.07. The molecule has 0 aromatic heterocycles. The highest BCUT2D eigenvalue weighted by Crippen LogP contribution is 2.46. The number of hydrogen-bond donors (Lipinski definition) is 2. The van der Waals surface area contributed by atoms with Crippen LogP contribution in [0, 0.1) is 0 Å². The smallest absolute Gasteiger partial charge is 0.262 e. The number of benzene rings is 2. The summed E-state index contributed by atoms with van der Waals surface area (Å²) in [6.45, 7) is 0.302. The van der Waals surface area contributed by atoms with Crippen molar-refractivity contribution in [1.29, 1.82) is 0 Å². The number of nitrogens with zero attached hydrogens (tertiary/aromatic N) is 1. The molecule has 5 nitrogen and oxygen atoms in total. The van der Waals surface area contributed by atoms with Gasteiger partial charge in [0.2, 0.25) is 0 Å². The van der Waals surface area contributed by atoms with Gasteiger partial charge >= 0.3 is 0 Å². The molecule has 4 rings (SSSR count). The fraction of sp³-hybridized carbons (Fsp3) is 0.304. The summed E-state index contributed by atoms with van der Waals surface area (Å²) in [6, 6.07) is 16.3. The van der Waals surface area contributed by atoms with Gasteiger partial charge in [0.05, 0.1) is 16.0 Å². The van der Waals surface area contributed by atoms with Crippen LogP contribution in [0.3, 0.4) is 0 Å². The summed E-state index contributed by atoms with van der Waals surface area (Å²) in [5, 5.41) is 13.1. The number of unbranched alkanes of at least 4 members (excludes halogenated alkanes) is 2. The molecule has 1 unspecified atom stereocenters. The summed E-state index contributed by atoms with van der Waals surface area (Å²) < 4.78 is 5.49. The summed E-state index contributed by atoms with van der Waals surface area (Å²) in [6.07, 6.45) is 5.76. The number of aliphatic imine (C=N–C) groups is 1. The minimum atomic E-state index is -0.135. The van der Waals surface area contributed by atoms with Gasteiger partial charge in [0.1, 0.15) is 5.75 Å². The van der Waals surface area contributed by atoms with Gasteiger partial charge in [0, 0.05) is 12.8 Å². The van der Waals surface area contributed by atoms with E-state index in [1.165, 1.54) is 5.56 Å². The van der Waals surface area contributed by atoms with Gasteiger partial charge in [-0.3, -0.25) is 9.79 Å². The number of fused-ring (bicyclic) bond motifs is 1. The van der Waals surface area contributed by atoms with Crippen LogP contribution in [-0.2, 0) is 4.79 Å². The number of anilines is 1. The van der Waals surface area contributed by atoms with E-state index < -0.39 is 0 Å². The molecular formula is C23H24N2O3S. The number of aliphatic hydroxyl groups is 1. The molecule has 0 bridgehead atoms. The molecule has 2 aromatic carbocycles. The van der Waals surface area contributed by atoms with Crippen LogP contribution in [0.4, 0.5) is 5.69 Å². The Morgan fingerprint density at radius 2 is 2.00 bits per heavy atom. The molecule has 0 radical (unpaired) electrons. The van der Waals surface area contributed by atoms with Gasteiger partial charge in [0.25, 0.3) is 5.91 Å². The molecule has 0 saturated carbocycles. The maximum atomic E-state index is 11.7. The molecule has 0 saturated heterocycles. The number of aliphatic hydroxyl groups excluding tert-OH is 1. The maximum Gasteiger partial charge on any atom is 0.262 e. The summed E-state index contributed by atoms with van der Waals surface area (Å²) in [7, 11) is 0. The lowest BCUT2D eigenvalue weighted by atomic mass is 9.97. The predicted molar refractivity (Wildman–Crippen MR) is 118 cm³/mol. The van der Waals surface area contributed by atoms with E-state index in [9.17, 15) is 4.79 Å². The quantitative estimate of drug-likeness (QED) is 0.646. The molecule has 0 fully saturated rings. The fourth-order valence-electron chi connectivity index (χ4n) is 3.49. The normalized spacial score (nSPS) is 18.2. The van der Waals surface area contributed by atoms with Gasteiger partial charge in [-0.05, 0) is 48.1 Å². The third-order valence-electron chi connectivity index (χ3n) is 4.98. The lowest BCUT2D eigenvalue weighted by Gasteiger charge is -2.26. The van der Waals surface area contributed by atoms with Crippen molar-refractivity contribution in [2.75, 3.05) is 18.5 Å². The van der Waals surface area contributed by atoms with Crippen molar-refractivity contribution in [2.24, 2.45) is 4.99 Å². The molecule has 0 spiro atoms. The first-order valence-electron chi connectivity index (χ1n) is 9.91. The third kappa shape index (κ3) is 4.71. The zero-order valence-electron chi connectivity index (χ0n) is 16.1. The molecule has 2 N–H and O–H groups in total. The van der Waals surface area contributed by atoms with Crippen molar-refractivity contribution in [1.82, 2.24) is 0 Å². The molecule has 2 aliphatic heterocycles. The highest BCUT2D eigenvalue weighted by atomic mass is 32.2. The first-order valence-corrected chi connectivity index (χ1v) is 10.8. The molecular weight excluding hydrogens is 384 g/mol. The number of rotatable bonds is 7. The summed E-state index contributed by atoms with van der Waals surface area (Å²) in [5.74, 6) is 0.561. The van der Waals surface area contributed by atoms with E-state index in [2.05, 4.69) is 29.6 Å². The van der Waals surface area contributed by atoms with Gasteiger partial charge in [-0.15, -0.1) is 0 Å². The molecule has 150 valence electrons. The van der Waals surface area contributed by atoms with Crippen molar-refractivity contribution in [2.45, 2.75) is 30.9 Å². The van der Waals surface area contributed by atoms with Gasteiger partial charge in [0.15, 0.2) is 6.61 Å². The number of carbonyl (C=O) groups is 1. The van der Waals surface area contributed by atoms with Crippen LogP contribution >= 0.6 is 11.8 Å². The highest BCUT2D eigenvalue weighted by molar-refractivity contribution is 8.14. The van der Waals surface area contributed by atoms with E-state index in [1.54, 1.807) is 11.8 Å². The lowest BCUT2D eigenvalue weighted by Crippen LogP contribution is -2.25. The van der Waals surface area contributed by atoms with Crippen molar-refractivity contribution in [3.8, 4) is 5.75 Å². The van der Waals surface area contributed by atoms with Crippen LogP contribution in [0.25, 0.3) is 5.57 Å². The van der Waals surface area contributed by atoms with Crippen molar-refractivity contribution < 1.29 is 14.6 Å². The standard InChI is InChI=1S/C23H24N2O3S/c26-12-6-2-5-9-22-24-14-18(23(29-22)16-7-3-1-4-8-16)17-10-11-20-19(13-17)25-21(27)15-28-20/h1,3-4,7-8,10-11,13-14,23,26H,2,5-6,9,12,15H2,(H,25,27). The van der Waals surface area contributed by atoms with Crippen LogP contribution in [0.2, 0.25) is 0 Å². The molecule has 2 aromatic rings. The second-order valence-corrected chi connectivity index (χ2v) is 8.28. The van der Waals surface area contributed by atoms with E-state index in [4.69, 9.17) is 14.8 Å². The van der Waals surface area contributed by atoms with Gasteiger partial charge in [-0.25, -0.2) is 0 Å². The molecule has 1 amide bonds. The van der Waals surface area contributed by atoms with Gasteiger partial charge in [-0.2, -0.15) is 0 Å². The van der Waals surface area contributed by atoms with Crippen LogP contribution in [-0.4, -0.2) is 29.3 Å². The van der Waals surface area contributed by atoms with Crippen molar-refractivity contribution in [3.63, 3.8) is 0 Å². The predicted octanol–water partition coefficient (Wildman–Crippen LogP) is 4.80. The second kappa shape index (κ2) is 9.29. The van der Waals surface area contributed by atoms with Crippen LogP contribution in [0.5, 0.6) is 5.75 Å². The topological polar surface area (TPSA) is 70.9 Å². The zero-order valence-corrected chi connectivity index (χ0v) is 17.0. The Labute approximate surface area is 174 Å². The number of hydrogen-bond acceptors (Lipinski definition) is 5. The lowest BCUT2D eigenvalue weighted by molar-refractivity contribution is -0.118. The number of ether oxygens (including phenoxy) is 1. The summed E-state index contributed by atoms with van der Waals surface area (Å²) >= 11 is 1.78. The Kier molecular flexibility index (Phi) is 6.32. The van der Waals surface area contributed by atoms with Crippen molar-refractivity contribution >= 4 is 34.0 Å². The average molecular weight is 409 g/mol. The minimum Gasteiger partial charge on any atom is -0.482 e. The largest absolute Gasteiger partial charge is 0.482 e. The molecule has 2 heterocycles. The molecule has 29 heavy (non-hydrogen) atoms. The fourth-order valence-corrected chi connectivity index (χ4v) is 4.76. The highest BCUT2D eigenvalue weighted by Gasteiger charge is 2.26. The van der Waals surface area contributed by atoms with Gasteiger partial charge < -0.3 is 15.2 Å². The van der Waals surface area contributed by atoms with E-state index >= 15 is 0 Å². The minimum absolute atomic E-state index is 0.0570. The monoisotopic (exact) mass is 408 g/mol. The number of nitrogens with one attached hydrogen (secondary N) is 1. The number of amides is 1. The zero-order chi connectivity index (χ0) is 20.1. The van der Waals surface area contributed by atoms with E-state index in [-0.39, 0.29) is 24.4 Å². The Morgan fingerprint density at radius 3 is 2.83 bits per heavy atom. The Hall–Kier alpha value is -2.57. The van der Waals surface area contributed by atoms with E-state index in [0.29, 0.717) is 11.4 Å². The van der Waals surface area contributed by atoms with Crippen LogP contribution < -0.4 is 10.1 Å².